The average molecular weight is 176 g/mol. The summed E-state index contributed by atoms with van der Waals surface area (Å²) in [6.07, 6.45) is 0. The van der Waals surface area contributed by atoms with Crippen molar-refractivity contribution in [1.29, 1.82) is 0 Å². The molecule has 0 amide bonds. The zero-order chi connectivity index (χ0) is 9.42. The molecule has 2 rings (SSSR count). The molecule has 0 aliphatic carbocycles. The van der Waals surface area contributed by atoms with Gasteiger partial charge in [0.2, 0.25) is 0 Å². The Kier molecular flexibility index (Phi) is 1.72. The Morgan fingerprint density at radius 1 is 1.15 bits per heavy atom. The Morgan fingerprint density at radius 3 is 2.23 bits per heavy atom. The molecule has 3 nitrogen and oxygen atoms in total. The summed E-state index contributed by atoms with van der Waals surface area (Å²) >= 11 is 0. The van der Waals surface area contributed by atoms with Crippen LogP contribution in [-0.4, -0.2) is 9.72 Å². The Labute approximate surface area is 77.0 Å². The molecule has 0 aromatic carbocycles. The number of aromatic nitrogens is 2. The molecule has 0 saturated carbocycles. The van der Waals surface area contributed by atoms with E-state index in [0.717, 1.165) is 11.6 Å². The van der Waals surface area contributed by atoms with E-state index in [9.17, 15) is 0 Å². The highest BCUT2D eigenvalue weighted by Crippen LogP contribution is 2.15. The van der Waals surface area contributed by atoms with Crippen LogP contribution in [0.25, 0.3) is 5.82 Å². The highest BCUT2D eigenvalue weighted by Gasteiger charge is 2.07. The summed E-state index contributed by atoms with van der Waals surface area (Å²) in [4.78, 5) is 0. The standard InChI is InChI=1S/C10H12N2O/c1-7-4-5-8(2)12(7)10-6-9(3)13-11-10/h4-6H,1-3H3. The Hall–Kier alpha value is -1.51. The number of aryl methyl sites for hydroxylation is 3. The smallest absolute Gasteiger partial charge is 0.180 e. The zero-order valence-electron chi connectivity index (χ0n) is 8.03. The van der Waals surface area contributed by atoms with Crippen molar-refractivity contribution < 1.29 is 4.52 Å². The van der Waals surface area contributed by atoms with Crippen LogP contribution in [0.3, 0.4) is 0 Å². The fraction of sp³-hybridized carbons (Fsp3) is 0.300. The maximum Gasteiger partial charge on any atom is 0.180 e. The summed E-state index contributed by atoms with van der Waals surface area (Å²) in [5.41, 5.74) is 2.34. The van der Waals surface area contributed by atoms with Gasteiger partial charge in [0.15, 0.2) is 5.82 Å². The van der Waals surface area contributed by atoms with Crippen LogP contribution in [0, 0.1) is 20.8 Å². The first kappa shape index (κ1) is 8.10. The first-order chi connectivity index (χ1) is 6.18. The summed E-state index contributed by atoms with van der Waals surface area (Å²) in [5, 5.41) is 3.97. The summed E-state index contributed by atoms with van der Waals surface area (Å²) < 4.78 is 7.09. The monoisotopic (exact) mass is 176 g/mol. The van der Waals surface area contributed by atoms with Gasteiger partial charge in [-0.2, -0.15) is 0 Å². The molecule has 2 aromatic rings. The van der Waals surface area contributed by atoms with Crippen LogP contribution < -0.4 is 0 Å². The number of rotatable bonds is 1. The second-order valence-corrected chi connectivity index (χ2v) is 3.25. The van der Waals surface area contributed by atoms with E-state index in [4.69, 9.17) is 4.52 Å². The lowest BCUT2D eigenvalue weighted by Gasteiger charge is -2.02. The van der Waals surface area contributed by atoms with Gasteiger partial charge < -0.3 is 9.09 Å². The van der Waals surface area contributed by atoms with Gasteiger partial charge in [0.05, 0.1) is 0 Å². The van der Waals surface area contributed by atoms with E-state index < -0.39 is 0 Å². The lowest BCUT2D eigenvalue weighted by atomic mass is 10.4. The van der Waals surface area contributed by atoms with Gasteiger partial charge in [-0.3, -0.25) is 0 Å². The van der Waals surface area contributed by atoms with E-state index in [0.29, 0.717) is 0 Å². The molecule has 0 atom stereocenters. The van der Waals surface area contributed by atoms with Gasteiger partial charge in [0.25, 0.3) is 0 Å². The van der Waals surface area contributed by atoms with Crippen molar-refractivity contribution in [2.24, 2.45) is 0 Å². The van der Waals surface area contributed by atoms with Crippen molar-refractivity contribution in [3.8, 4) is 5.82 Å². The lowest BCUT2D eigenvalue weighted by Crippen LogP contribution is -1.98. The lowest BCUT2D eigenvalue weighted by molar-refractivity contribution is 0.394. The second-order valence-electron chi connectivity index (χ2n) is 3.25. The minimum absolute atomic E-state index is 0.836. The van der Waals surface area contributed by atoms with Gasteiger partial charge >= 0.3 is 0 Å². The van der Waals surface area contributed by atoms with Gasteiger partial charge in [0, 0.05) is 17.5 Å². The summed E-state index contributed by atoms with van der Waals surface area (Å²) in [7, 11) is 0. The maximum absolute atomic E-state index is 5.03. The quantitative estimate of drug-likeness (QED) is 0.668. The highest BCUT2D eigenvalue weighted by molar-refractivity contribution is 5.30. The molecule has 0 spiro atoms. The van der Waals surface area contributed by atoms with Gasteiger partial charge in [-0.25, -0.2) is 0 Å². The highest BCUT2D eigenvalue weighted by atomic mass is 16.5. The Morgan fingerprint density at radius 2 is 1.77 bits per heavy atom. The Balaban J connectivity index is 2.57. The number of hydrogen-bond acceptors (Lipinski definition) is 2. The van der Waals surface area contributed by atoms with Gasteiger partial charge in [-0.05, 0) is 32.9 Å². The van der Waals surface area contributed by atoms with Crippen LogP contribution in [0.15, 0.2) is 22.7 Å². The summed E-state index contributed by atoms with van der Waals surface area (Å²) in [6.45, 7) is 6.00. The van der Waals surface area contributed by atoms with Gasteiger partial charge in [-0.15, -0.1) is 0 Å². The van der Waals surface area contributed by atoms with Crippen LogP contribution in [-0.2, 0) is 0 Å². The van der Waals surface area contributed by atoms with Crippen LogP contribution >= 0.6 is 0 Å². The largest absolute Gasteiger partial charge is 0.360 e. The van der Waals surface area contributed by atoms with Crippen LogP contribution in [0.5, 0.6) is 0 Å². The van der Waals surface area contributed by atoms with Crippen molar-refractivity contribution in [2.45, 2.75) is 20.8 Å². The molecule has 68 valence electrons. The van der Waals surface area contributed by atoms with Gasteiger partial charge in [0.1, 0.15) is 5.76 Å². The average Bonchev–Trinajstić information content (AvgIpc) is 2.60. The van der Waals surface area contributed by atoms with E-state index in [2.05, 4.69) is 35.7 Å². The fourth-order valence-corrected chi connectivity index (χ4v) is 1.49. The Bertz CT molecular complexity index is 406. The van der Waals surface area contributed by atoms with E-state index in [1.54, 1.807) is 0 Å². The molecule has 0 N–H and O–H groups in total. The van der Waals surface area contributed by atoms with E-state index in [-0.39, 0.29) is 0 Å². The minimum atomic E-state index is 0.836. The van der Waals surface area contributed by atoms with Crippen molar-refractivity contribution >= 4 is 0 Å². The van der Waals surface area contributed by atoms with Crippen molar-refractivity contribution in [1.82, 2.24) is 9.72 Å². The third-order valence-electron chi connectivity index (χ3n) is 2.12. The predicted molar refractivity (Wildman–Crippen MR) is 50.0 cm³/mol. The van der Waals surface area contributed by atoms with E-state index in [1.807, 2.05) is 13.0 Å². The molecule has 0 fully saturated rings. The molecular weight excluding hydrogens is 164 g/mol. The van der Waals surface area contributed by atoms with Crippen molar-refractivity contribution in [3.05, 3.63) is 35.3 Å². The fourth-order valence-electron chi connectivity index (χ4n) is 1.49. The van der Waals surface area contributed by atoms with Crippen LogP contribution in [0.1, 0.15) is 17.1 Å². The summed E-state index contributed by atoms with van der Waals surface area (Å²) in [5.74, 6) is 1.69. The molecule has 0 unspecified atom stereocenters. The third-order valence-corrected chi connectivity index (χ3v) is 2.12. The van der Waals surface area contributed by atoms with Gasteiger partial charge in [-0.1, -0.05) is 5.16 Å². The number of nitrogens with zero attached hydrogens (tertiary/aromatic N) is 2. The zero-order valence-corrected chi connectivity index (χ0v) is 8.03. The molecular formula is C10H12N2O. The van der Waals surface area contributed by atoms with E-state index in [1.165, 1.54) is 11.4 Å². The molecule has 2 heterocycles. The molecule has 0 bridgehead atoms. The maximum atomic E-state index is 5.03. The summed E-state index contributed by atoms with van der Waals surface area (Å²) in [6, 6.07) is 6.07. The second kappa shape index (κ2) is 2.76. The molecule has 0 radical (unpaired) electrons. The topological polar surface area (TPSA) is 31.0 Å². The van der Waals surface area contributed by atoms with Crippen LogP contribution in [0.4, 0.5) is 0 Å². The molecule has 3 heteroatoms. The van der Waals surface area contributed by atoms with Crippen molar-refractivity contribution in [2.75, 3.05) is 0 Å². The molecule has 0 aliphatic rings. The molecule has 13 heavy (non-hydrogen) atoms. The molecule has 0 saturated heterocycles. The normalized spacial score (nSPS) is 10.7. The minimum Gasteiger partial charge on any atom is -0.360 e. The third kappa shape index (κ3) is 1.26. The first-order valence-corrected chi connectivity index (χ1v) is 4.27. The molecule has 0 aliphatic heterocycles. The van der Waals surface area contributed by atoms with E-state index >= 15 is 0 Å². The van der Waals surface area contributed by atoms with Crippen LogP contribution in [0.2, 0.25) is 0 Å². The first-order valence-electron chi connectivity index (χ1n) is 4.27. The molecule has 2 aromatic heterocycles. The van der Waals surface area contributed by atoms with Crippen molar-refractivity contribution in [3.63, 3.8) is 0 Å². The SMILES string of the molecule is Cc1cc(-n2c(C)ccc2C)no1. The predicted octanol–water partition coefficient (Wildman–Crippen LogP) is 2.39. The number of hydrogen-bond donors (Lipinski definition) is 0.